The van der Waals surface area contributed by atoms with Crippen molar-refractivity contribution in [1.82, 2.24) is 19.9 Å². The predicted molar refractivity (Wildman–Crippen MR) is 98.1 cm³/mol. The zero-order valence-electron chi connectivity index (χ0n) is 14.5. The lowest BCUT2D eigenvalue weighted by Crippen LogP contribution is -2.26. The molecule has 0 saturated heterocycles. The van der Waals surface area contributed by atoms with Gasteiger partial charge in [-0.3, -0.25) is 9.20 Å². The van der Waals surface area contributed by atoms with E-state index in [9.17, 15) is 4.79 Å². The summed E-state index contributed by atoms with van der Waals surface area (Å²) in [5.74, 6) is 0.616. The number of hydrogen-bond donors (Lipinski definition) is 1. The third-order valence-electron chi connectivity index (χ3n) is 4.11. The average molecular weight is 334 g/mol. The monoisotopic (exact) mass is 334 g/mol. The number of hydrogen-bond acceptors (Lipinski definition) is 3. The van der Waals surface area contributed by atoms with E-state index in [2.05, 4.69) is 27.6 Å². The second-order valence-corrected chi connectivity index (χ2v) is 6.19. The van der Waals surface area contributed by atoms with Crippen LogP contribution in [0, 0.1) is 0 Å². The number of rotatable bonds is 6. The summed E-state index contributed by atoms with van der Waals surface area (Å²) < 4.78 is 1.89. The van der Waals surface area contributed by atoms with Crippen LogP contribution in [0.3, 0.4) is 0 Å². The summed E-state index contributed by atoms with van der Waals surface area (Å²) in [7, 11) is 0. The first kappa shape index (κ1) is 16.9. The summed E-state index contributed by atoms with van der Waals surface area (Å²) in [6.07, 6.45) is 5.36. The Balaban J connectivity index is 1.59. The van der Waals surface area contributed by atoms with Crippen molar-refractivity contribution in [2.24, 2.45) is 0 Å². The highest BCUT2D eigenvalue weighted by molar-refractivity contribution is 5.88. The van der Waals surface area contributed by atoms with Gasteiger partial charge in [0.25, 0.3) is 0 Å². The lowest BCUT2D eigenvalue weighted by atomic mass is 10.1. The van der Waals surface area contributed by atoms with Gasteiger partial charge in [0.15, 0.2) is 11.5 Å². The molecule has 1 aromatic carbocycles. The van der Waals surface area contributed by atoms with E-state index in [4.69, 9.17) is 0 Å². The fourth-order valence-electron chi connectivity index (χ4n) is 2.76. The van der Waals surface area contributed by atoms with Crippen molar-refractivity contribution >= 4 is 11.6 Å². The van der Waals surface area contributed by atoms with Crippen LogP contribution < -0.4 is 5.32 Å². The van der Waals surface area contributed by atoms with Gasteiger partial charge >= 0.3 is 0 Å². The van der Waals surface area contributed by atoms with Gasteiger partial charge < -0.3 is 5.32 Å². The van der Waals surface area contributed by atoms with Crippen molar-refractivity contribution in [2.45, 2.75) is 32.7 Å². The second-order valence-electron chi connectivity index (χ2n) is 6.19. The molecule has 3 rings (SSSR count). The van der Waals surface area contributed by atoms with Crippen molar-refractivity contribution in [3.8, 4) is 0 Å². The quantitative estimate of drug-likeness (QED) is 0.702. The molecule has 0 aliphatic heterocycles. The lowest BCUT2D eigenvalue weighted by molar-refractivity contribution is -0.117. The summed E-state index contributed by atoms with van der Waals surface area (Å²) in [4.78, 5) is 12.3. The maximum Gasteiger partial charge on any atom is 0.244 e. The number of aromatic nitrogens is 3. The maximum atomic E-state index is 12.3. The summed E-state index contributed by atoms with van der Waals surface area (Å²) >= 11 is 0. The van der Waals surface area contributed by atoms with E-state index in [0.717, 1.165) is 29.9 Å². The topological polar surface area (TPSA) is 59.3 Å². The van der Waals surface area contributed by atoms with Crippen LogP contribution in [-0.4, -0.2) is 20.5 Å². The van der Waals surface area contributed by atoms with Crippen molar-refractivity contribution in [3.05, 3.63) is 77.8 Å². The van der Waals surface area contributed by atoms with Crippen LogP contribution in [0.15, 0.2) is 66.4 Å². The molecule has 1 unspecified atom stereocenters. The second kappa shape index (κ2) is 7.75. The van der Waals surface area contributed by atoms with Gasteiger partial charge in [-0.15, -0.1) is 10.2 Å². The van der Waals surface area contributed by atoms with E-state index in [1.165, 1.54) is 5.56 Å². The Morgan fingerprint density at radius 3 is 2.72 bits per heavy atom. The molecule has 1 atom stereocenters. The van der Waals surface area contributed by atoms with Crippen LogP contribution >= 0.6 is 0 Å². The number of amides is 1. The van der Waals surface area contributed by atoms with E-state index < -0.39 is 0 Å². The zero-order valence-corrected chi connectivity index (χ0v) is 14.5. The molecule has 0 aliphatic rings. The number of carbonyl (C=O) groups is 1. The lowest BCUT2D eigenvalue weighted by Gasteiger charge is -2.11. The van der Waals surface area contributed by atoms with Gasteiger partial charge in [-0.05, 0) is 44.4 Å². The van der Waals surface area contributed by atoms with Gasteiger partial charge in [0.2, 0.25) is 5.91 Å². The van der Waals surface area contributed by atoms with Gasteiger partial charge in [-0.1, -0.05) is 42.0 Å². The molecule has 128 valence electrons. The fourth-order valence-corrected chi connectivity index (χ4v) is 2.76. The van der Waals surface area contributed by atoms with Crippen LogP contribution in [0.1, 0.15) is 37.7 Å². The molecule has 0 aliphatic carbocycles. The molecule has 0 spiro atoms. The smallest absolute Gasteiger partial charge is 0.244 e. The zero-order chi connectivity index (χ0) is 17.6. The van der Waals surface area contributed by atoms with Crippen molar-refractivity contribution < 1.29 is 4.79 Å². The Hall–Kier alpha value is -2.95. The fraction of sp³-hybridized carbons (Fsp3) is 0.250. The Morgan fingerprint density at radius 2 is 1.92 bits per heavy atom. The highest BCUT2D eigenvalue weighted by Gasteiger charge is 2.14. The molecule has 1 amide bonds. The van der Waals surface area contributed by atoms with Crippen LogP contribution in [0.4, 0.5) is 0 Å². The van der Waals surface area contributed by atoms with Gasteiger partial charge in [-0.25, -0.2) is 0 Å². The van der Waals surface area contributed by atoms with Gasteiger partial charge in [0.1, 0.15) is 0 Å². The highest BCUT2D eigenvalue weighted by atomic mass is 16.1. The first-order chi connectivity index (χ1) is 12.1. The number of benzene rings is 1. The largest absolute Gasteiger partial charge is 0.343 e. The minimum Gasteiger partial charge on any atom is -0.343 e. The van der Waals surface area contributed by atoms with Crippen molar-refractivity contribution in [3.63, 3.8) is 0 Å². The number of nitrogens with zero attached hydrogens (tertiary/aromatic N) is 3. The third-order valence-corrected chi connectivity index (χ3v) is 4.11. The van der Waals surface area contributed by atoms with Crippen LogP contribution in [0.2, 0.25) is 0 Å². The van der Waals surface area contributed by atoms with Crippen molar-refractivity contribution in [2.75, 3.05) is 0 Å². The molecule has 0 fully saturated rings. The Bertz CT molecular complexity index is 883. The first-order valence-electron chi connectivity index (χ1n) is 8.45. The third kappa shape index (κ3) is 4.32. The summed E-state index contributed by atoms with van der Waals surface area (Å²) in [6, 6.07) is 15.8. The van der Waals surface area contributed by atoms with Crippen LogP contribution in [0.25, 0.3) is 5.65 Å². The van der Waals surface area contributed by atoms with E-state index in [-0.39, 0.29) is 11.9 Å². The molecule has 2 heterocycles. The Morgan fingerprint density at radius 1 is 1.16 bits per heavy atom. The normalized spacial score (nSPS) is 13.0. The summed E-state index contributed by atoms with van der Waals surface area (Å²) in [5.41, 5.74) is 3.10. The molecule has 0 radical (unpaired) electrons. The summed E-state index contributed by atoms with van der Waals surface area (Å²) in [6.45, 7) is 3.90. The first-order valence-corrected chi connectivity index (χ1v) is 8.45. The van der Waals surface area contributed by atoms with E-state index >= 15 is 0 Å². The van der Waals surface area contributed by atoms with E-state index in [1.807, 2.05) is 60.8 Å². The maximum absolute atomic E-state index is 12.3. The number of carbonyl (C=O) groups excluding carboxylic acids is 1. The minimum atomic E-state index is -0.219. The van der Waals surface area contributed by atoms with Crippen molar-refractivity contribution in [1.29, 1.82) is 0 Å². The van der Waals surface area contributed by atoms with E-state index in [1.54, 1.807) is 6.08 Å². The number of nitrogens with one attached hydrogen (secondary N) is 1. The molecule has 3 aromatic rings. The Kier molecular flexibility index (Phi) is 5.23. The van der Waals surface area contributed by atoms with Gasteiger partial charge in [0.05, 0.1) is 6.04 Å². The van der Waals surface area contributed by atoms with E-state index in [0.29, 0.717) is 0 Å². The van der Waals surface area contributed by atoms with Gasteiger partial charge in [0, 0.05) is 12.3 Å². The standard InChI is InChI=1S/C20H22N4O/c1-15(11-12-17-8-4-3-5-9-17)14-19(25)21-16(2)20-23-22-18-10-6-7-13-24(18)20/h3-10,13-14,16H,11-12H2,1-2H3,(H,21,25). The van der Waals surface area contributed by atoms with Gasteiger partial charge in [-0.2, -0.15) is 0 Å². The SMILES string of the molecule is CC(=CC(=O)NC(C)c1nnc2ccccn12)CCc1ccccc1. The molecule has 5 heteroatoms. The number of pyridine rings is 1. The predicted octanol–water partition coefficient (Wildman–Crippen LogP) is 3.49. The molecule has 0 bridgehead atoms. The molecule has 0 saturated carbocycles. The highest BCUT2D eigenvalue weighted by Crippen LogP contribution is 2.12. The molecule has 5 nitrogen and oxygen atoms in total. The minimum absolute atomic E-state index is 0.106. The number of allylic oxidation sites excluding steroid dienone is 1. The molecular weight excluding hydrogens is 312 g/mol. The number of aryl methyl sites for hydroxylation is 1. The molecule has 2 aromatic heterocycles. The van der Waals surface area contributed by atoms with Crippen LogP contribution in [0.5, 0.6) is 0 Å². The van der Waals surface area contributed by atoms with Crippen LogP contribution in [-0.2, 0) is 11.2 Å². The number of fused-ring (bicyclic) bond motifs is 1. The average Bonchev–Trinajstić information content (AvgIpc) is 3.05. The molecule has 25 heavy (non-hydrogen) atoms. The molecule has 1 N–H and O–H groups in total. The Labute approximate surface area is 147 Å². The summed E-state index contributed by atoms with van der Waals surface area (Å²) in [5, 5.41) is 11.3. The molecular formula is C20H22N4O.